The summed E-state index contributed by atoms with van der Waals surface area (Å²) in [6.45, 7) is 7.57. The van der Waals surface area contributed by atoms with Crippen molar-refractivity contribution in [3.8, 4) is 0 Å². The number of ether oxygens (including phenoxy) is 1. The van der Waals surface area contributed by atoms with Crippen LogP contribution in [0.3, 0.4) is 0 Å². The van der Waals surface area contributed by atoms with E-state index in [1.807, 2.05) is 41.3 Å². The third-order valence-electron chi connectivity index (χ3n) is 5.24. The van der Waals surface area contributed by atoms with E-state index in [4.69, 9.17) is 4.74 Å². The summed E-state index contributed by atoms with van der Waals surface area (Å²) in [7, 11) is 0. The van der Waals surface area contributed by atoms with E-state index in [1.54, 1.807) is 12.4 Å². The second-order valence-corrected chi connectivity index (χ2v) is 8.36. The van der Waals surface area contributed by atoms with Crippen LogP contribution in [0.1, 0.15) is 42.8 Å². The standard InChI is InChI=1S/C23H25N3O2/c1-23(2,3)21-15-26(14-20(28-21)16-7-5-4-6-8-16)22(27)17-9-10-18-19(13-17)25-12-11-24-18/h4-13,20-21H,14-15H2,1-3H3/t20-,21+/m0/s1. The van der Waals surface area contributed by atoms with Gasteiger partial charge in [0.1, 0.15) is 6.10 Å². The van der Waals surface area contributed by atoms with Gasteiger partial charge < -0.3 is 9.64 Å². The van der Waals surface area contributed by atoms with Crippen LogP contribution in [-0.4, -0.2) is 40.0 Å². The van der Waals surface area contributed by atoms with Gasteiger partial charge >= 0.3 is 0 Å². The number of rotatable bonds is 2. The summed E-state index contributed by atoms with van der Waals surface area (Å²) in [6, 6.07) is 15.6. The summed E-state index contributed by atoms with van der Waals surface area (Å²) in [5, 5.41) is 0. The minimum atomic E-state index is -0.136. The Labute approximate surface area is 165 Å². The quantitative estimate of drug-likeness (QED) is 0.672. The zero-order valence-corrected chi connectivity index (χ0v) is 16.5. The Morgan fingerprint density at radius 3 is 2.43 bits per heavy atom. The number of carbonyl (C=O) groups excluding carboxylic acids is 1. The summed E-state index contributed by atoms with van der Waals surface area (Å²) in [4.78, 5) is 23.8. The topological polar surface area (TPSA) is 55.3 Å². The van der Waals surface area contributed by atoms with E-state index >= 15 is 0 Å². The number of amides is 1. The first kappa shape index (κ1) is 18.6. The molecular formula is C23H25N3O2. The van der Waals surface area contributed by atoms with Gasteiger partial charge in [-0.05, 0) is 29.2 Å². The highest BCUT2D eigenvalue weighted by atomic mass is 16.5. The van der Waals surface area contributed by atoms with Gasteiger partial charge in [0.15, 0.2) is 0 Å². The number of hydrogen-bond acceptors (Lipinski definition) is 4. The van der Waals surface area contributed by atoms with Gasteiger partial charge in [-0.1, -0.05) is 51.1 Å². The molecule has 1 aliphatic heterocycles. The summed E-state index contributed by atoms with van der Waals surface area (Å²) in [6.07, 6.45) is 3.12. The zero-order chi connectivity index (χ0) is 19.7. The van der Waals surface area contributed by atoms with Gasteiger partial charge in [-0.3, -0.25) is 14.8 Å². The van der Waals surface area contributed by atoms with Crippen LogP contribution >= 0.6 is 0 Å². The van der Waals surface area contributed by atoms with E-state index in [0.717, 1.165) is 16.6 Å². The lowest BCUT2D eigenvalue weighted by atomic mass is 9.87. The fourth-order valence-electron chi connectivity index (χ4n) is 3.53. The van der Waals surface area contributed by atoms with Crippen LogP contribution in [0, 0.1) is 5.41 Å². The molecule has 0 unspecified atom stereocenters. The monoisotopic (exact) mass is 375 g/mol. The van der Waals surface area contributed by atoms with Crippen molar-refractivity contribution >= 4 is 16.9 Å². The van der Waals surface area contributed by atoms with E-state index in [1.165, 1.54) is 0 Å². The molecule has 0 aliphatic carbocycles. The average molecular weight is 375 g/mol. The highest BCUT2D eigenvalue weighted by molar-refractivity contribution is 5.97. The maximum Gasteiger partial charge on any atom is 0.254 e. The molecule has 0 radical (unpaired) electrons. The maximum atomic E-state index is 13.3. The molecule has 4 rings (SSSR count). The Hall–Kier alpha value is -2.79. The summed E-state index contributed by atoms with van der Waals surface area (Å²) < 4.78 is 6.41. The molecule has 1 amide bonds. The fourth-order valence-corrected chi connectivity index (χ4v) is 3.53. The van der Waals surface area contributed by atoms with Crippen molar-refractivity contribution in [3.05, 3.63) is 72.1 Å². The number of benzene rings is 2. The Morgan fingerprint density at radius 2 is 1.71 bits per heavy atom. The van der Waals surface area contributed by atoms with Crippen LogP contribution in [0.5, 0.6) is 0 Å². The summed E-state index contributed by atoms with van der Waals surface area (Å²) in [5.41, 5.74) is 3.18. The largest absolute Gasteiger partial charge is 0.366 e. The SMILES string of the molecule is CC(C)(C)[C@H]1CN(C(=O)c2ccc3nccnc3c2)C[C@@H](c2ccccc2)O1. The molecule has 0 bridgehead atoms. The molecule has 1 saturated heterocycles. The van der Waals surface area contributed by atoms with Gasteiger partial charge in [0.25, 0.3) is 5.91 Å². The second kappa shape index (κ2) is 7.32. The van der Waals surface area contributed by atoms with Crippen molar-refractivity contribution < 1.29 is 9.53 Å². The number of carbonyl (C=O) groups is 1. The van der Waals surface area contributed by atoms with Crippen molar-refractivity contribution in [3.63, 3.8) is 0 Å². The maximum absolute atomic E-state index is 13.3. The molecular weight excluding hydrogens is 350 g/mol. The molecule has 2 heterocycles. The number of nitrogens with zero attached hydrogens (tertiary/aromatic N) is 3. The molecule has 5 nitrogen and oxygen atoms in total. The van der Waals surface area contributed by atoms with Crippen molar-refractivity contribution in [1.29, 1.82) is 0 Å². The lowest BCUT2D eigenvalue weighted by molar-refractivity contribution is -0.119. The van der Waals surface area contributed by atoms with Crippen LogP contribution < -0.4 is 0 Å². The first-order valence-electron chi connectivity index (χ1n) is 9.62. The van der Waals surface area contributed by atoms with Gasteiger partial charge in [0.05, 0.1) is 23.7 Å². The van der Waals surface area contributed by atoms with E-state index in [9.17, 15) is 4.79 Å². The zero-order valence-electron chi connectivity index (χ0n) is 16.5. The summed E-state index contributed by atoms with van der Waals surface area (Å²) in [5.74, 6) is 0.00559. The third kappa shape index (κ3) is 3.76. The molecule has 28 heavy (non-hydrogen) atoms. The number of fused-ring (bicyclic) bond motifs is 1. The van der Waals surface area contributed by atoms with Crippen LogP contribution in [0.4, 0.5) is 0 Å². The smallest absolute Gasteiger partial charge is 0.254 e. The second-order valence-electron chi connectivity index (χ2n) is 8.36. The number of morpholine rings is 1. The molecule has 2 atom stereocenters. The van der Waals surface area contributed by atoms with Crippen molar-refractivity contribution in [2.24, 2.45) is 5.41 Å². The number of aromatic nitrogens is 2. The predicted molar refractivity (Wildman–Crippen MR) is 109 cm³/mol. The van der Waals surface area contributed by atoms with Crippen LogP contribution in [-0.2, 0) is 4.74 Å². The summed E-state index contributed by atoms with van der Waals surface area (Å²) >= 11 is 0. The molecule has 0 saturated carbocycles. The minimum Gasteiger partial charge on any atom is -0.366 e. The first-order chi connectivity index (χ1) is 13.4. The molecule has 1 fully saturated rings. The lowest BCUT2D eigenvalue weighted by Crippen LogP contribution is -2.51. The van der Waals surface area contributed by atoms with Gasteiger partial charge in [0.2, 0.25) is 0 Å². The van der Waals surface area contributed by atoms with Crippen LogP contribution in [0.2, 0.25) is 0 Å². The molecule has 1 aromatic heterocycles. The number of hydrogen-bond donors (Lipinski definition) is 0. The van der Waals surface area contributed by atoms with E-state index < -0.39 is 0 Å². The Bertz CT molecular complexity index is 982. The van der Waals surface area contributed by atoms with Gasteiger partial charge in [-0.25, -0.2) is 0 Å². The Balaban J connectivity index is 1.64. The van der Waals surface area contributed by atoms with Gasteiger partial charge in [0, 0.05) is 24.5 Å². The van der Waals surface area contributed by atoms with Gasteiger partial charge in [-0.2, -0.15) is 0 Å². The van der Waals surface area contributed by atoms with Crippen molar-refractivity contribution in [2.45, 2.75) is 33.0 Å². The highest BCUT2D eigenvalue weighted by Crippen LogP contribution is 2.34. The Morgan fingerprint density at radius 1 is 1.00 bits per heavy atom. The molecule has 1 aliphatic rings. The van der Waals surface area contributed by atoms with Gasteiger partial charge in [-0.15, -0.1) is 0 Å². The van der Waals surface area contributed by atoms with Crippen LogP contribution in [0.25, 0.3) is 11.0 Å². The van der Waals surface area contributed by atoms with E-state index in [-0.39, 0.29) is 23.5 Å². The fraction of sp³-hybridized carbons (Fsp3) is 0.348. The lowest BCUT2D eigenvalue weighted by Gasteiger charge is -2.43. The predicted octanol–water partition coefficient (Wildman–Crippen LogP) is 4.26. The Kier molecular flexibility index (Phi) is 4.85. The van der Waals surface area contributed by atoms with E-state index in [2.05, 4.69) is 42.9 Å². The van der Waals surface area contributed by atoms with Crippen molar-refractivity contribution in [1.82, 2.24) is 14.9 Å². The minimum absolute atomic E-state index is 0.00559. The first-order valence-corrected chi connectivity index (χ1v) is 9.62. The average Bonchev–Trinajstić information content (AvgIpc) is 2.72. The third-order valence-corrected chi connectivity index (χ3v) is 5.24. The molecule has 3 aromatic rings. The molecule has 0 N–H and O–H groups in total. The van der Waals surface area contributed by atoms with Crippen LogP contribution in [0.15, 0.2) is 60.9 Å². The molecule has 5 heteroatoms. The molecule has 2 aromatic carbocycles. The molecule has 0 spiro atoms. The normalized spacial score (nSPS) is 20.3. The van der Waals surface area contributed by atoms with Crippen molar-refractivity contribution in [2.75, 3.05) is 13.1 Å². The van der Waals surface area contributed by atoms with E-state index in [0.29, 0.717) is 18.7 Å². The molecule has 144 valence electrons. The highest BCUT2D eigenvalue weighted by Gasteiger charge is 2.37.